The summed E-state index contributed by atoms with van der Waals surface area (Å²) >= 11 is 6.01. The Kier molecular flexibility index (Phi) is 8.46. The van der Waals surface area contributed by atoms with E-state index in [1.54, 1.807) is 0 Å². The second kappa shape index (κ2) is 11.7. The fraction of sp³-hybridized carbons (Fsp3) is 0.419. The lowest BCUT2D eigenvalue weighted by Gasteiger charge is -2.28. The first-order valence-electron chi connectivity index (χ1n) is 12.6. The number of benzene rings is 3. The molecular weight excluding hydrogens is 408 g/mol. The molecule has 1 heteroatoms. The molecule has 0 N–H and O–H groups in total. The third-order valence-electron chi connectivity index (χ3n) is 7.34. The first kappa shape index (κ1) is 23.1. The van der Waals surface area contributed by atoms with E-state index in [4.69, 9.17) is 11.6 Å². The van der Waals surface area contributed by atoms with E-state index in [-0.39, 0.29) is 0 Å². The Labute approximate surface area is 200 Å². The molecular formula is C31H37Cl. The smallest absolute Gasteiger partial charge is 0.0406 e. The highest BCUT2D eigenvalue weighted by Crippen LogP contribution is 2.34. The number of aryl methyl sites for hydroxylation is 3. The van der Waals surface area contributed by atoms with Gasteiger partial charge in [-0.25, -0.2) is 0 Å². The van der Waals surface area contributed by atoms with Gasteiger partial charge in [-0.2, -0.15) is 0 Å². The number of rotatable bonds is 9. The zero-order valence-electron chi connectivity index (χ0n) is 19.5. The van der Waals surface area contributed by atoms with Crippen LogP contribution in [0.5, 0.6) is 0 Å². The van der Waals surface area contributed by atoms with E-state index < -0.39 is 0 Å². The van der Waals surface area contributed by atoms with Gasteiger partial charge in [0.15, 0.2) is 0 Å². The topological polar surface area (TPSA) is 0 Å². The quantitative estimate of drug-likeness (QED) is 0.308. The fourth-order valence-corrected chi connectivity index (χ4v) is 5.34. The third kappa shape index (κ3) is 6.72. The molecule has 0 unspecified atom stereocenters. The zero-order chi connectivity index (χ0) is 22.2. The molecule has 1 aliphatic rings. The highest BCUT2D eigenvalue weighted by atomic mass is 35.5. The first-order chi connectivity index (χ1) is 15.7. The molecule has 0 aromatic heterocycles. The molecule has 1 fully saturated rings. The molecule has 0 atom stereocenters. The molecule has 3 aromatic rings. The van der Waals surface area contributed by atoms with Gasteiger partial charge in [-0.15, -0.1) is 0 Å². The van der Waals surface area contributed by atoms with Crippen LogP contribution in [0, 0.1) is 11.8 Å². The Morgan fingerprint density at radius 1 is 0.562 bits per heavy atom. The molecule has 0 amide bonds. The number of halogens is 1. The van der Waals surface area contributed by atoms with Crippen LogP contribution in [0.3, 0.4) is 0 Å². The molecule has 1 aliphatic carbocycles. The van der Waals surface area contributed by atoms with Crippen LogP contribution in [0.15, 0.2) is 72.8 Å². The maximum absolute atomic E-state index is 6.01. The Morgan fingerprint density at radius 3 is 1.38 bits per heavy atom. The zero-order valence-corrected chi connectivity index (χ0v) is 20.3. The second-order valence-electron chi connectivity index (χ2n) is 9.73. The number of hydrogen-bond donors (Lipinski definition) is 0. The first-order valence-corrected chi connectivity index (χ1v) is 13.0. The van der Waals surface area contributed by atoms with Gasteiger partial charge in [-0.3, -0.25) is 0 Å². The largest absolute Gasteiger partial charge is 0.0843 e. The highest BCUT2D eigenvalue weighted by molar-refractivity contribution is 6.30. The summed E-state index contributed by atoms with van der Waals surface area (Å²) in [5.41, 5.74) is 6.98. The van der Waals surface area contributed by atoms with Crippen molar-refractivity contribution in [2.24, 2.45) is 11.8 Å². The van der Waals surface area contributed by atoms with Gasteiger partial charge >= 0.3 is 0 Å². The van der Waals surface area contributed by atoms with Crippen LogP contribution in [0.1, 0.15) is 68.6 Å². The van der Waals surface area contributed by atoms with Crippen LogP contribution in [-0.4, -0.2) is 0 Å². The van der Waals surface area contributed by atoms with Crippen molar-refractivity contribution in [3.63, 3.8) is 0 Å². The van der Waals surface area contributed by atoms with Crippen molar-refractivity contribution in [2.75, 3.05) is 0 Å². The SMILES string of the molecule is CCCc1ccc(CCC2CCC(CCc3ccc(-c4ccc(Cl)cc4)cc3)CC2)cc1. The van der Waals surface area contributed by atoms with Crippen LogP contribution < -0.4 is 0 Å². The molecule has 168 valence electrons. The van der Waals surface area contributed by atoms with Crippen molar-refractivity contribution >= 4 is 11.6 Å². The van der Waals surface area contributed by atoms with E-state index >= 15 is 0 Å². The number of hydrogen-bond acceptors (Lipinski definition) is 0. The molecule has 0 heterocycles. The average molecular weight is 445 g/mol. The van der Waals surface area contributed by atoms with Crippen LogP contribution in [-0.2, 0) is 19.3 Å². The minimum atomic E-state index is 0.793. The van der Waals surface area contributed by atoms with E-state index in [2.05, 4.69) is 67.6 Å². The predicted octanol–water partition coefficient (Wildman–Crippen LogP) is 9.33. The van der Waals surface area contributed by atoms with Crippen molar-refractivity contribution in [1.29, 1.82) is 0 Å². The lowest BCUT2D eigenvalue weighted by Crippen LogP contribution is -2.15. The molecule has 4 rings (SSSR count). The van der Waals surface area contributed by atoms with Crippen LogP contribution in [0.25, 0.3) is 11.1 Å². The Balaban J connectivity index is 1.17. The molecule has 0 nitrogen and oxygen atoms in total. The van der Waals surface area contributed by atoms with Crippen LogP contribution in [0.2, 0.25) is 5.02 Å². The van der Waals surface area contributed by atoms with Crippen molar-refractivity contribution in [2.45, 2.75) is 71.1 Å². The van der Waals surface area contributed by atoms with Gasteiger partial charge in [0.1, 0.15) is 0 Å². The minimum absolute atomic E-state index is 0.793. The summed E-state index contributed by atoms with van der Waals surface area (Å²) in [7, 11) is 0. The molecule has 0 aliphatic heterocycles. The van der Waals surface area contributed by atoms with E-state index in [0.29, 0.717) is 0 Å². The van der Waals surface area contributed by atoms with Gasteiger partial charge in [0.2, 0.25) is 0 Å². The van der Waals surface area contributed by atoms with Crippen molar-refractivity contribution in [1.82, 2.24) is 0 Å². The standard InChI is InChI=1S/C31H37Cl/c1-2-3-24-4-6-25(7-5-24)8-9-26-10-12-27(13-11-26)14-15-28-16-18-29(19-17-28)30-20-22-31(32)23-21-30/h4-7,16-23,26-27H,2-3,8-15H2,1H3. The van der Waals surface area contributed by atoms with Crippen LogP contribution >= 0.6 is 11.6 Å². The van der Waals surface area contributed by atoms with Crippen molar-refractivity contribution in [3.05, 3.63) is 94.5 Å². The molecule has 32 heavy (non-hydrogen) atoms. The Morgan fingerprint density at radius 2 is 0.938 bits per heavy atom. The summed E-state index contributed by atoms with van der Waals surface area (Å²) < 4.78 is 0. The van der Waals surface area contributed by atoms with Gasteiger partial charge in [-0.1, -0.05) is 111 Å². The molecule has 3 aromatic carbocycles. The van der Waals surface area contributed by atoms with Gasteiger partial charge in [0.25, 0.3) is 0 Å². The maximum atomic E-state index is 6.01. The lowest BCUT2D eigenvalue weighted by atomic mass is 9.77. The maximum Gasteiger partial charge on any atom is 0.0406 e. The monoisotopic (exact) mass is 444 g/mol. The normalized spacial score (nSPS) is 18.6. The van der Waals surface area contributed by atoms with Crippen molar-refractivity contribution < 1.29 is 0 Å². The Hall–Kier alpha value is -2.05. The highest BCUT2D eigenvalue weighted by Gasteiger charge is 2.20. The average Bonchev–Trinajstić information content (AvgIpc) is 2.84. The van der Waals surface area contributed by atoms with Gasteiger partial charge < -0.3 is 0 Å². The van der Waals surface area contributed by atoms with E-state index in [1.165, 1.54) is 92.0 Å². The van der Waals surface area contributed by atoms with Gasteiger partial charge in [-0.05, 0) is 83.9 Å². The molecule has 0 radical (unpaired) electrons. The van der Waals surface area contributed by atoms with Gasteiger partial charge in [0, 0.05) is 5.02 Å². The molecule has 0 saturated heterocycles. The second-order valence-corrected chi connectivity index (χ2v) is 10.2. The summed E-state index contributed by atoms with van der Waals surface area (Å²) in [4.78, 5) is 0. The summed E-state index contributed by atoms with van der Waals surface area (Å²) in [5, 5.41) is 0.793. The predicted molar refractivity (Wildman–Crippen MR) is 139 cm³/mol. The third-order valence-corrected chi connectivity index (χ3v) is 7.59. The summed E-state index contributed by atoms with van der Waals surface area (Å²) in [6.07, 6.45) is 13.3. The summed E-state index contributed by atoms with van der Waals surface area (Å²) in [6.45, 7) is 2.25. The van der Waals surface area contributed by atoms with Crippen LogP contribution in [0.4, 0.5) is 0 Å². The minimum Gasteiger partial charge on any atom is -0.0843 e. The lowest BCUT2D eigenvalue weighted by molar-refractivity contribution is 0.253. The summed E-state index contributed by atoms with van der Waals surface area (Å²) in [6, 6.07) is 26.6. The molecule has 0 spiro atoms. The Bertz CT molecular complexity index is 929. The van der Waals surface area contributed by atoms with Gasteiger partial charge in [0.05, 0.1) is 0 Å². The van der Waals surface area contributed by atoms with E-state index in [9.17, 15) is 0 Å². The van der Waals surface area contributed by atoms with E-state index in [1.807, 2.05) is 12.1 Å². The van der Waals surface area contributed by atoms with E-state index in [0.717, 1.165) is 16.9 Å². The van der Waals surface area contributed by atoms with Crippen molar-refractivity contribution in [3.8, 4) is 11.1 Å². The molecule has 1 saturated carbocycles. The molecule has 0 bridgehead atoms. The summed E-state index contributed by atoms with van der Waals surface area (Å²) in [5.74, 6) is 1.84. The fourth-order valence-electron chi connectivity index (χ4n) is 5.22.